The summed E-state index contributed by atoms with van der Waals surface area (Å²) in [5, 5.41) is 6.67. The molecule has 0 amide bonds. The number of methoxy groups -OCH3 is 1. The van der Waals surface area contributed by atoms with Crippen molar-refractivity contribution in [2.24, 2.45) is 10.4 Å². The van der Waals surface area contributed by atoms with E-state index in [4.69, 9.17) is 19.2 Å². The van der Waals surface area contributed by atoms with Crippen molar-refractivity contribution in [1.82, 2.24) is 10.6 Å². The fraction of sp³-hybridized carbons (Fsp3) is 0.667. The highest BCUT2D eigenvalue weighted by molar-refractivity contribution is 5.79. The molecule has 1 aliphatic heterocycles. The smallest absolute Gasteiger partial charge is 0.191 e. The monoisotopic (exact) mass is 393 g/mol. The molecule has 7 heteroatoms. The topological polar surface area (TPSA) is 64.1 Å². The lowest BCUT2D eigenvalue weighted by Crippen LogP contribution is -2.41. The predicted molar refractivity (Wildman–Crippen MR) is 107 cm³/mol. The zero-order valence-corrected chi connectivity index (χ0v) is 17.0. The van der Waals surface area contributed by atoms with Crippen LogP contribution in [0.5, 0.6) is 5.75 Å². The Morgan fingerprint density at radius 1 is 1.32 bits per heavy atom. The third-order valence-electron chi connectivity index (χ3n) is 5.61. The molecule has 1 aliphatic carbocycles. The molecule has 1 aromatic carbocycles. The average molecular weight is 394 g/mol. The number of halogens is 1. The Hall–Kier alpha value is -1.86. The summed E-state index contributed by atoms with van der Waals surface area (Å²) in [6.45, 7) is 5.70. The second-order valence-corrected chi connectivity index (χ2v) is 7.63. The molecule has 0 aromatic heterocycles. The molecule has 0 atom stereocenters. The van der Waals surface area contributed by atoms with Crippen LogP contribution in [0.2, 0.25) is 0 Å². The SMILES string of the molecule is CCNC(=NCC1(CCOC)CCC1)NCCc1cc(F)cc2c1OCOC2. The zero-order valence-electron chi connectivity index (χ0n) is 17.0. The van der Waals surface area contributed by atoms with Gasteiger partial charge in [0.05, 0.1) is 6.61 Å². The number of rotatable bonds is 9. The molecule has 0 bridgehead atoms. The first kappa shape index (κ1) is 20.9. The summed E-state index contributed by atoms with van der Waals surface area (Å²) in [5.74, 6) is 1.30. The fourth-order valence-corrected chi connectivity index (χ4v) is 3.83. The van der Waals surface area contributed by atoms with Crippen LogP contribution < -0.4 is 15.4 Å². The van der Waals surface area contributed by atoms with Crippen molar-refractivity contribution in [2.75, 3.05) is 40.1 Å². The molecule has 2 aliphatic rings. The van der Waals surface area contributed by atoms with Crippen LogP contribution in [0.25, 0.3) is 0 Å². The molecule has 0 unspecified atom stereocenters. The number of ether oxygens (including phenoxy) is 3. The maximum absolute atomic E-state index is 13.9. The van der Waals surface area contributed by atoms with E-state index in [0.29, 0.717) is 19.6 Å². The number of fused-ring (bicyclic) bond motifs is 1. The largest absolute Gasteiger partial charge is 0.467 e. The molecule has 1 heterocycles. The van der Waals surface area contributed by atoms with Crippen molar-refractivity contribution in [3.05, 3.63) is 29.1 Å². The minimum absolute atomic E-state index is 0.215. The summed E-state index contributed by atoms with van der Waals surface area (Å²) in [6, 6.07) is 3.03. The van der Waals surface area contributed by atoms with Crippen LogP contribution in [-0.4, -0.2) is 46.1 Å². The third-order valence-corrected chi connectivity index (χ3v) is 5.61. The molecule has 6 nitrogen and oxygen atoms in total. The van der Waals surface area contributed by atoms with Crippen molar-refractivity contribution in [3.63, 3.8) is 0 Å². The van der Waals surface area contributed by atoms with E-state index in [1.807, 2.05) is 0 Å². The minimum Gasteiger partial charge on any atom is -0.467 e. The highest BCUT2D eigenvalue weighted by atomic mass is 19.1. The van der Waals surface area contributed by atoms with E-state index >= 15 is 0 Å². The highest BCUT2D eigenvalue weighted by Gasteiger charge is 2.36. The minimum atomic E-state index is -0.256. The van der Waals surface area contributed by atoms with E-state index in [0.717, 1.165) is 49.0 Å². The second-order valence-electron chi connectivity index (χ2n) is 7.63. The number of hydrogen-bond acceptors (Lipinski definition) is 4. The van der Waals surface area contributed by atoms with Gasteiger partial charge in [0, 0.05) is 38.9 Å². The normalized spacial score (nSPS) is 18.0. The zero-order chi connectivity index (χ0) is 19.8. The van der Waals surface area contributed by atoms with Gasteiger partial charge in [-0.2, -0.15) is 0 Å². The number of nitrogens with one attached hydrogen (secondary N) is 2. The first-order valence-corrected chi connectivity index (χ1v) is 10.2. The molecule has 156 valence electrons. The van der Waals surface area contributed by atoms with Gasteiger partial charge in [0.2, 0.25) is 0 Å². The number of benzene rings is 1. The highest BCUT2D eigenvalue weighted by Crippen LogP contribution is 2.44. The van der Waals surface area contributed by atoms with Gasteiger partial charge in [-0.25, -0.2) is 4.39 Å². The quantitative estimate of drug-likeness (QED) is 0.499. The van der Waals surface area contributed by atoms with Gasteiger partial charge in [-0.1, -0.05) is 6.42 Å². The molecule has 3 rings (SSSR count). The van der Waals surface area contributed by atoms with Crippen molar-refractivity contribution in [3.8, 4) is 5.75 Å². The van der Waals surface area contributed by atoms with Gasteiger partial charge in [0.1, 0.15) is 11.6 Å². The van der Waals surface area contributed by atoms with Crippen molar-refractivity contribution < 1.29 is 18.6 Å². The summed E-state index contributed by atoms with van der Waals surface area (Å²) in [7, 11) is 1.75. The van der Waals surface area contributed by atoms with Crippen LogP contribution in [-0.2, 0) is 22.5 Å². The molecule has 1 fully saturated rings. The van der Waals surface area contributed by atoms with Crippen LogP contribution >= 0.6 is 0 Å². The van der Waals surface area contributed by atoms with Gasteiger partial charge in [0.25, 0.3) is 0 Å². The molecule has 28 heavy (non-hydrogen) atoms. The lowest BCUT2D eigenvalue weighted by atomic mass is 9.67. The van der Waals surface area contributed by atoms with Crippen molar-refractivity contribution in [1.29, 1.82) is 0 Å². The summed E-state index contributed by atoms with van der Waals surface area (Å²) in [4.78, 5) is 4.81. The van der Waals surface area contributed by atoms with E-state index in [2.05, 4.69) is 17.6 Å². The Morgan fingerprint density at radius 3 is 2.89 bits per heavy atom. The van der Waals surface area contributed by atoms with Gasteiger partial charge >= 0.3 is 0 Å². The first-order valence-electron chi connectivity index (χ1n) is 10.2. The van der Waals surface area contributed by atoms with Gasteiger partial charge < -0.3 is 24.8 Å². The Kier molecular flexibility index (Phi) is 7.50. The lowest BCUT2D eigenvalue weighted by Gasteiger charge is -2.40. The summed E-state index contributed by atoms with van der Waals surface area (Å²) in [6.07, 6.45) is 5.42. The average Bonchev–Trinajstić information content (AvgIpc) is 2.66. The summed E-state index contributed by atoms with van der Waals surface area (Å²) >= 11 is 0. The molecule has 0 saturated heterocycles. The van der Waals surface area contributed by atoms with E-state index < -0.39 is 0 Å². The van der Waals surface area contributed by atoms with Crippen LogP contribution in [0.15, 0.2) is 17.1 Å². The second kappa shape index (κ2) is 10.1. The number of guanidine groups is 1. The third kappa shape index (κ3) is 5.35. The Bertz CT molecular complexity index is 677. The van der Waals surface area contributed by atoms with Crippen molar-refractivity contribution in [2.45, 2.75) is 45.6 Å². The Morgan fingerprint density at radius 2 is 2.18 bits per heavy atom. The van der Waals surface area contributed by atoms with Gasteiger partial charge in [-0.3, -0.25) is 4.99 Å². The lowest BCUT2D eigenvalue weighted by molar-refractivity contribution is -0.0172. The number of hydrogen-bond donors (Lipinski definition) is 2. The Balaban J connectivity index is 1.57. The summed E-state index contributed by atoms with van der Waals surface area (Å²) in [5.41, 5.74) is 1.91. The van der Waals surface area contributed by atoms with Gasteiger partial charge in [-0.15, -0.1) is 0 Å². The molecule has 2 N–H and O–H groups in total. The van der Waals surface area contributed by atoms with Gasteiger partial charge in [0.15, 0.2) is 12.8 Å². The molecule has 1 saturated carbocycles. The van der Waals surface area contributed by atoms with Crippen molar-refractivity contribution >= 4 is 5.96 Å². The number of aliphatic imine (C=N–C) groups is 1. The molecular formula is C21H32FN3O3. The van der Waals surface area contributed by atoms with E-state index in [1.54, 1.807) is 13.2 Å². The standard InChI is InChI=1S/C21H32FN3O3/c1-3-23-20(25-14-21(6-4-7-21)8-10-26-2)24-9-5-16-11-18(22)12-17-13-27-15-28-19(16)17/h11-12H,3-10,13-15H2,1-2H3,(H2,23,24,25). The molecule has 0 radical (unpaired) electrons. The first-order chi connectivity index (χ1) is 13.7. The van der Waals surface area contributed by atoms with E-state index in [9.17, 15) is 4.39 Å². The van der Waals surface area contributed by atoms with Gasteiger partial charge in [-0.05, 0) is 55.7 Å². The maximum Gasteiger partial charge on any atom is 0.191 e. The van der Waals surface area contributed by atoms with Crippen LogP contribution in [0.4, 0.5) is 4.39 Å². The van der Waals surface area contributed by atoms with Crippen LogP contribution in [0.3, 0.4) is 0 Å². The fourth-order valence-electron chi connectivity index (χ4n) is 3.83. The molecular weight excluding hydrogens is 361 g/mol. The van der Waals surface area contributed by atoms with Crippen LogP contribution in [0, 0.1) is 11.2 Å². The van der Waals surface area contributed by atoms with E-state index in [1.165, 1.54) is 25.3 Å². The predicted octanol–water partition coefficient (Wildman–Crippen LogP) is 3.00. The Labute approximate surface area is 166 Å². The number of nitrogens with zero attached hydrogens (tertiary/aromatic N) is 1. The summed E-state index contributed by atoms with van der Waals surface area (Å²) < 4.78 is 30.0. The molecule has 0 spiro atoms. The van der Waals surface area contributed by atoms with Crippen LogP contribution in [0.1, 0.15) is 43.7 Å². The maximum atomic E-state index is 13.9. The van der Waals surface area contributed by atoms with E-state index in [-0.39, 0.29) is 18.0 Å². The molecule has 1 aromatic rings.